The minimum atomic E-state index is -5.06. The van der Waals surface area contributed by atoms with Crippen LogP contribution in [0.3, 0.4) is 0 Å². The summed E-state index contributed by atoms with van der Waals surface area (Å²) in [5.74, 6) is -1.17. The summed E-state index contributed by atoms with van der Waals surface area (Å²) < 4.78 is 91.7. The van der Waals surface area contributed by atoms with Gasteiger partial charge in [0.15, 0.2) is 0 Å². The quantitative estimate of drug-likeness (QED) is 0.394. The Balaban J connectivity index is 1.31. The van der Waals surface area contributed by atoms with Gasteiger partial charge in [0.25, 0.3) is 5.91 Å². The molecule has 13 heteroatoms. The minimum absolute atomic E-state index is 0.000613. The predicted octanol–water partition coefficient (Wildman–Crippen LogP) is 5.66. The van der Waals surface area contributed by atoms with Crippen molar-refractivity contribution in [3.63, 3.8) is 0 Å². The number of hydrogen-bond donors (Lipinski definition) is 0. The van der Waals surface area contributed by atoms with Crippen molar-refractivity contribution in [2.24, 2.45) is 0 Å². The number of hydrogen-bond acceptors (Lipinski definition) is 5. The Labute approximate surface area is 245 Å². The molecule has 0 radical (unpaired) electrons. The topological polar surface area (TPSA) is 62.3 Å². The van der Waals surface area contributed by atoms with Gasteiger partial charge < -0.3 is 19.3 Å². The van der Waals surface area contributed by atoms with Crippen LogP contribution in [0, 0.1) is 0 Å². The number of rotatable bonds is 6. The molecule has 1 spiro atoms. The fourth-order valence-electron chi connectivity index (χ4n) is 6.16. The molecule has 0 bridgehead atoms. The number of benzene rings is 2. The molecule has 0 aromatic heterocycles. The number of ether oxygens (including phenoxy) is 2. The van der Waals surface area contributed by atoms with Crippen LogP contribution in [0.15, 0.2) is 48.5 Å². The van der Waals surface area contributed by atoms with Crippen LogP contribution in [0.4, 0.5) is 31.1 Å². The third-order valence-corrected chi connectivity index (χ3v) is 8.53. The maximum absolute atomic E-state index is 13.4. The zero-order chi connectivity index (χ0) is 30.8. The van der Waals surface area contributed by atoms with Crippen molar-refractivity contribution < 1.29 is 45.4 Å². The molecule has 3 heterocycles. The maximum Gasteiger partial charge on any atom is 0.416 e. The van der Waals surface area contributed by atoms with Crippen molar-refractivity contribution >= 4 is 12.0 Å². The van der Waals surface area contributed by atoms with Crippen LogP contribution in [-0.4, -0.2) is 91.3 Å². The maximum atomic E-state index is 13.4. The second kappa shape index (κ2) is 12.4. The van der Waals surface area contributed by atoms with Gasteiger partial charge in [-0.2, -0.15) is 26.3 Å². The highest BCUT2D eigenvalue weighted by Crippen LogP contribution is 2.44. The van der Waals surface area contributed by atoms with Crippen molar-refractivity contribution in [1.29, 1.82) is 0 Å². The fraction of sp³-hybridized carbons (Fsp3) is 0.533. The van der Waals surface area contributed by atoms with Crippen molar-refractivity contribution in [3.05, 3.63) is 70.8 Å². The lowest BCUT2D eigenvalue weighted by molar-refractivity contribution is -0.143. The van der Waals surface area contributed by atoms with Gasteiger partial charge in [0.2, 0.25) is 0 Å². The molecule has 1 atom stereocenters. The Morgan fingerprint density at radius 2 is 1.47 bits per heavy atom. The number of carbonyl (C=O) groups excluding carboxylic acids is 2. The normalized spacial score (nSPS) is 21.6. The molecule has 0 unspecified atom stereocenters. The highest BCUT2D eigenvalue weighted by atomic mass is 19.4. The van der Waals surface area contributed by atoms with Crippen LogP contribution in [0.25, 0.3) is 0 Å². The van der Waals surface area contributed by atoms with Crippen LogP contribution in [-0.2, 0) is 21.8 Å². The van der Waals surface area contributed by atoms with E-state index in [0.717, 1.165) is 31.6 Å². The van der Waals surface area contributed by atoms with Crippen LogP contribution in [0.5, 0.6) is 0 Å². The molecule has 43 heavy (non-hydrogen) atoms. The molecular formula is C30H33F6N3O4. The number of morpholine rings is 1. The molecule has 0 N–H and O–H groups in total. The second-order valence-electron chi connectivity index (χ2n) is 11.2. The fourth-order valence-corrected chi connectivity index (χ4v) is 6.16. The SMILES string of the molecule is O=C1OC2(CCN(C(=O)c3cc(C(F)(F)F)cc(C(F)(F)F)c3)CC2)[C@@H](c2ccccc2)CN1CCCN1CCOCC1. The van der Waals surface area contributed by atoms with Crippen LogP contribution >= 0.6 is 0 Å². The predicted molar refractivity (Wildman–Crippen MR) is 143 cm³/mol. The van der Waals surface area contributed by atoms with E-state index >= 15 is 0 Å². The van der Waals surface area contributed by atoms with E-state index in [9.17, 15) is 35.9 Å². The zero-order valence-electron chi connectivity index (χ0n) is 23.4. The Morgan fingerprint density at radius 1 is 0.860 bits per heavy atom. The lowest BCUT2D eigenvalue weighted by atomic mass is 9.74. The highest BCUT2D eigenvalue weighted by molar-refractivity contribution is 5.94. The van der Waals surface area contributed by atoms with E-state index in [2.05, 4.69) is 4.90 Å². The first kappa shape index (κ1) is 31.1. The smallest absolute Gasteiger partial charge is 0.416 e. The molecule has 2 amide bonds. The Kier molecular flexibility index (Phi) is 8.94. The van der Waals surface area contributed by atoms with E-state index in [-0.39, 0.29) is 37.9 Å². The standard InChI is InChI=1S/C30H33F6N3O4/c31-29(32,33)23-17-22(18-24(19-23)30(34,35)36)26(40)38-11-7-28(8-12-38)25(21-5-2-1-3-6-21)20-39(27(41)43-28)10-4-9-37-13-15-42-16-14-37/h1-3,5-6,17-19,25H,4,7-16,20H2/t25-/m1/s1. The Bertz CT molecular complexity index is 1260. The van der Waals surface area contributed by atoms with E-state index in [1.54, 1.807) is 4.90 Å². The summed E-state index contributed by atoms with van der Waals surface area (Å²) in [5, 5.41) is 0. The van der Waals surface area contributed by atoms with Gasteiger partial charge in [0, 0.05) is 70.1 Å². The Morgan fingerprint density at radius 3 is 2.05 bits per heavy atom. The molecule has 5 rings (SSSR count). The lowest BCUT2D eigenvalue weighted by Gasteiger charge is -2.50. The summed E-state index contributed by atoms with van der Waals surface area (Å²) in [5.41, 5.74) is -3.80. The third-order valence-electron chi connectivity index (χ3n) is 8.53. The van der Waals surface area contributed by atoms with Gasteiger partial charge in [0.1, 0.15) is 5.60 Å². The molecular weight excluding hydrogens is 580 g/mol. The van der Waals surface area contributed by atoms with Gasteiger partial charge in [0.05, 0.1) is 24.3 Å². The Hall–Kier alpha value is -3.32. The number of piperidine rings is 1. The highest BCUT2D eigenvalue weighted by Gasteiger charge is 2.51. The van der Waals surface area contributed by atoms with Crippen LogP contribution < -0.4 is 0 Å². The molecule has 0 aliphatic carbocycles. The molecule has 3 fully saturated rings. The number of carbonyl (C=O) groups is 2. The van der Waals surface area contributed by atoms with Crippen LogP contribution in [0.1, 0.15) is 52.2 Å². The van der Waals surface area contributed by atoms with Crippen molar-refractivity contribution in [1.82, 2.24) is 14.7 Å². The summed E-state index contributed by atoms with van der Waals surface area (Å²) in [6.45, 7) is 4.76. The van der Waals surface area contributed by atoms with Crippen molar-refractivity contribution in [2.45, 2.75) is 43.1 Å². The summed E-state index contributed by atoms with van der Waals surface area (Å²) in [7, 11) is 0. The van der Waals surface area contributed by atoms with Gasteiger partial charge in [-0.1, -0.05) is 30.3 Å². The zero-order valence-corrected chi connectivity index (χ0v) is 23.4. The summed E-state index contributed by atoms with van der Waals surface area (Å²) >= 11 is 0. The number of nitrogens with zero attached hydrogens (tertiary/aromatic N) is 3. The molecule has 2 aromatic carbocycles. The molecule has 3 aliphatic rings. The molecule has 3 aliphatic heterocycles. The van der Waals surface area contributed by atoms with Gasteiger partial charge in [-0.15, -0.1) is 0 Å². The number of amides is 2. The third kappa shape index (κ3) is 7.09. The largest absolute Gasteiger partial charge is 0.442 e. The first-order valence-electron chi connectivity index (χ1n) is 14.3. The lowest BCUT2D eigenvalue weighted by Crippen LogP contribution is -2.59. The molecule has 0 saturated carbocycles. The van der Waals surface area contributed by atoms with E-state index < -0.39 is 46.6 Å². The van der Waals surface area contributed by atoms with Gasteiger partial charge in [-0.05, 0) is 30.2 Å². The average Bonchev–Trinajstić information content (AvgIpc) is 2.98. The first-order valence-corrected chi connectivity index (χ1v) is 14.3. The number of halogens is 6. The second-order valence-corrected chi connectivity index (χ2v) is 11.2. The van der Waals surface area contributed by atoms with E-state index in [0.29, 0.717) is 38.4 Å². The van der Waals surface area contributed by atoms with Gasteiger partial charge in [-0.3, -0.25) is 9.69 Å². The summed E-state index contributed by atoms with van der Waals surface area (Å²) in [6, 6.07) is 10.4. The van der Waals surface area contributed by atoms with Gasteiger partial charge >= 0.3 is 18.4 Å². The number of likely N-dealkylation sites (tertiary alicyclic amines) is 1. The number of alkyl halides is 6. The van der Waals surface area contributed by atoms with Crippen molar-refractivity contribution in [2.75, 3.05) is 59.0 Å². The van der Waals surface area contributed by atoms with E-state index in [4.69, 9.17) is 9.47 Å². The summed E-state index contributed by atoms with van der Waals surface area (Å²) in [6.07, 6.45) is -9.46. The molecule has 2 aromatic rings. The van der Waals surface area contributed by atoms with Crippen LogP contribution in [0.2, 0.25) is 0 Å². The first-order chi connectivity index (χ1) is 20.4. The minimum Gasteiger partial charge on any atom is -0.442 e. The van der Waals surface area contributed by atoms with E-state index in [1.807, 2.05) is 30.3 Å². The van der Waals surface area contributed by atoms with E-state index in [1.165, 1.54) is 4.90 Å². The molecule has 3 saturated heterocycles. The summed E-state index contributed by atoms with van der Waals surface area (Å²) in [4.78, 5) is 31.6. The average molecular weight is 614 g/mol. The monoisotopic (exact) mass is 613 g/mol. The van der Waals surface area contributed by atoms with Crippen molar-refractivity contribution in [3.8, 4) is 0 Å². The molecule has 7 nitrogen and oxygen atoms in total. The molecule has 234 valence electrons. The van der Waals surface area contributed by atoms with Gasteiger partial charge in [-0.25, -0.2) is 4.79 Å².